The second-order valence-corrected chi connectivity index (χ2v) is 4.47. The van der Waals surface area contributed by atoms with Gasteiger partial charge in [0.25, 0.3) is 0 Å². The van der Waals surface area contributed by atoms with Crippen molar-refractivity contribution in [1.82, 2.24) is 9.78 Å². The van der Waals surface area contributed by atoms with Crippen molar-refractivity contribution in [3.05, 3.63) is 16.4 Å². The average molecular weight is 263 g/mol. The molecular weight excluding hydrogens is 248 g/mol. The van der Waals surface area contributed by atoms with E-state index >= 15 is 0 Å². The van der Waals surface area contributed by atoms with Crippen LogP contribution in [0.1, 0.15) is 32.1 Å². The Labute approximate surface area is 91.7 Å². The zero-order valence-corrected chi connectivity index (χ0v) is 10.1. The molecule has 0 aliphatic heterocycles. The third-order valence-electron chi connectivity index (χ3n) is 2.50. The van der Waals surface area contributed by atoms with E-state index < -0.39 is 11.7 Å². The van der Waals surface area contributed by atoms with Gasteiger partial charge in [0, 0.05) is 7.05 Å². The summed E-state index contributed by atoms with van der Waals surface area (Å²) in [4.78, 5) is 0. The van der Waals surface area contributed by atoms with E-state index in [2.05, 4.69) is 21.0 Å². The lowest BCUT2D eigenvalue weighted by atomic mass is 9.94. The summed E-state index contributed by atoms with van der Waals surface area (Å²) in [6, 6.07) is 0. The molecule has 0 aromatic carbocycles. The molecule has 1 aromatic heterocycles. The number of hydrogen-bond donors (Lipinski definition) is 2. The van der Waals surface area contributed by atoms with Crippen molar-refractivity contribution in [2.24, 2.45) is 7.05 Å². The molecule has 1 heterocycles. The standard InChI is InChI=1S/C9H15BrN2O2/c1-4-9(2,14)8(13)7-6(10)5-11-12(7)3/h5,8,13-14H,4H2,1-3H3. The molecule has 5 heteroatoms. The summed E-state index contributed by atoms with van der Waals surface area (Å²) in [7, 11) is 1.73. The van der Waals surface area contributed by atoms with Crippen molar-refractivity contribution < 1.29 is 10.2 Å². The maximum absolute atomic E-state index is 9.96. The highest BCUT2D eigenvalue weighted by molar-refractivity contribution is 9.10. The van der Waals surface area contributed by atoms with Gasteiger partial charge >= 0.3 is 0 Å². The van der Waals surface area contributed by atoms with E-state index in [1.807, 2.05) is 6.92 Å². The van der Waals surface area contributed by atoms with Gasteiger partial charge in [0.2, 0.25) is 0 Å². The first-order valence-corrected chi connectivity index (χ1v) is 5.27. The van der Waals surface area contributed by atoms with Crippen LogP contribution in [0.5, 0.6) is 0 Å². The Bertz CT molecular complexity index is 303. The molecule has 2 N–H and O–H groups in total. The number of aryl methyl sites for hydroxylation is 1. The summed E-state index contributed by atoms with van der Waals surface area (Å²) >= 11 is 3.28. The molecule has 0 fully saturated rings. The molecule has 2 unspecified atom stereocenters. The topological polar surface area (TPSA) is 58.3 Å². The highest BCUT2D eigenvalue weighted by atomic mass is 79.9. The maximum atomic E-state index is 9.96. The Morgan fingerprint density at radius 1 is 1.71 bits per heavy atom. The summed E-state index contributed by atoms with van der Waals surface area (Å²) in [5.41, 5.74) is -0.534. The second kappa shape index (κ2) is 4.00. The van der Waals surface area contributed by atoms with E-state index in [-0.39, 0.29) is 0 Å². The molecular formula is C9H15BrN2O2. The SMILES string of the molecule is CCC(C)(O)C(O)c1c(Br)cnn1C. The van der Waals surface area contributed by atoms with E-state index in [1.54, 1.807) is 24.9 Å². The fraction of sp³-hybridized carbons (Fsp3) is 0.667. The molecule has 0 saturated heterocycles. The summed E-state index contributed by atoms with van der Waals surface area (Å²) in [5.74, 6) is 0. The molecule has 2 atom stereocenters. The van der Waals surface area contributed by atoms with Crippen molar-refractivity contribution in [3.8, 4) is 0 Å². The predicted octanol–water partition coefficient (Wildman–Crippen LogP) is 1.38. The van der Waals surface area contributed by atoms with Crippen LogP contribution in [-0.4, -0.2) is 25.6 Å². The second-order valence-electron chi connectivity index (χ2n) is 3.61. The molecule has 0 amide bonds. The first-order chi connectivity index (χ1) is 6.40. The van der Waals surface area contributed by atoms with Crippen LogP contribution >= 0.6 is 15.9 Å². The van der Waals surface area contributed by atoms with Gasteiger partial charge in [0.1, 0.15) is 6.10 Å². The predicted molar refractivity (Wildman–Crippen MR) is 56.8 cm³/mol. The third-order valence-corrected chi connectivity index (χ3v) is 3.11. The summed E-state index contributed by atoms with van der Waals surface area (Å²) in [6.45, 7) is 3.44. The summed E-state index contributed by atoms with van der Waals surface area (Å²) in [5, 5.41) is 23.8. The summed E-state index contributed by atoms with van der Waals surface area (Å²) < 4.78 is 2.26. The van der Waals surface area contributed by atoms with Gasteiger partial charge in [-0.25, -0.2) is 0 Å². The van der Waals surface area contributed by atoms with E-state index in [9.17, 15) is 10.2 Å². The van der Waals surface area contributed by atoms with Gasteiger partial charge in [-0.05, 0) is 29.3 Å². The van der Waals surface area contributed by atoms with Crippen LogP contribution in [0.4, 0.5) is 0 Å². The molecule has 1 aromatic rings. The van der Waals surface area contributed by atoms with Gasteiger partial charge in [-0.1, -0.05) is 6.92 Å². The van der Waals surface area contributed by atoms with Crippen LogP contribution in [-0.2, 0) is 7.05 Å². The zero-order valence-electron chi connectivity index (χ0n) is 8.53. The van der Waals surface area contributed by atoms with Crippen LogP contribution in [0, 0.1) is 0 Å². The molecule has 0 radical (unpaired) electrons. The maximum Gasteiger partial charge on any atom is 0.125 e. The van der Waals surface area contributed by atoms with Gasteiger partial charge in [0.15, 0.2) is 0 Å². The number of aliphatic hydroxyl groups is 2. The van der Waals surface area contributed by atoms with E-state index in [1.165, 1.54) is 0 Å². The molecule has 0 aliphatic rings. The molecule has 0 saturated carbocycles. The lowest BCUT2D eigenvalue weighted by Gasteiger charge is -2.28. The van der Waals surface area contributed by atoms with Crippen molar-refractivity contribution >= 4 is 15.9 Å². The minimum absolute atomic E-state index is 0.478. The van der Waals surface area contributed by atoms with Gasteiger partial charge in [0.05, 0.1) is 22.0 Å². The minimum atomic E-state index is -1.13. The van der Waals surface area contributed by atoms with Crippen molar-refractivity contribution in [3.63, 3.8) is 0 Å². The normalized spacial score (nSPS) is 17.9. The largest absolute Gasteiger partial charge is 0.387 e. The minimum Gasteiger partial charge on any atom is -0.387 e. The van der Waals surface area contributed by atoms with E-state index in [4.69, 9.17) is 0 Å². The number of hydrogen-bond acceptors (Lipinski definition) is 3. The van der Waals surface area contributed by atoms with Gasteiger partial charge < -0.3 is 10.2 Å². The Balaban J connectivity index is 3.06. The third kappa shape index (κ3) is 1.99. The molecule has 14 heavy (non-hydrogen) atoms. The first kappa shape index (κ1) is 11.7. The Morgan fingerprint density at radius 3 is 2.64 bits per heavy atom. The van der Waals surface area contributed by atoms with Crippen molar-refractivity contribution in [1.29, 1.82) is 0 Å². The highest BCUT2D eigenvalue weighted by Crippen LogP contribution is 2.32. The van der Waals surface area contributed by atoms with Crippen molar-refractivity contribution in [2.75, 3.05) is 0 Å². The monoisotopic (exact) mass is 262 g/mol. The van der Waals surface area contributed by atoms with Gasteiger partial charge in [-0.2, -0.15) is 5.10 Å². The molecule has 0 aliphatic carbocycles. The van der Waals surface area contributed by atoms with E-state index in [0.29, 0.717) is 16.6 Å². The van der Waals surface area contributed by atoms with Gasteiger partial charge in [-0.15, -0.1) is 0 Å². The molecule has 1 rings (SSSR count). The highest BCUT2D eigenvalue weighted by Gasteiger charge is 2.33. The number of nitrogens with zero attached hydrogens (tertiary/aromatic N) is 2. The lowest BCUT2D eigenvalue weighted by molar-refractivity contribution is -0.0696. The molecule has 4 nitrogen and oxygen atoms in total. The van der Waals surface area contributed by atoms with Crippen molar-refractivity contribution in [2.45, 2.75) is 32.0 Å². The first-order valence-electron chi connectivity index (χ1n) is 4.48. The molecule has 0 bridgehead atoms. The molecule has 0 spiro atoms. The summed E-state index contributed by atoms with van der Waals surface area (Å²) in [6.07, 6.45) is 1.14. The van der Waals surface area contributed by atoms with Crippen LogP contribution < -0.4 is 0 Å². The number of aromatic nitrogens is 2. The molecule has 80 valence electrons. The average Bonchev–Trinajstić information content (AvgIpc) is 2.45. The quantitative estimate of drug-likeness (QED) is 0.866. The Kier molecular flexibility index (Phi) is 3.34. The Hall–Kier alpha value is -0.390. The van der Waals surface area contributed by atoms with Crippen LogP contribution in [0.15, 0.2) is 10.7 Å². The Morgan fingerprint density at radius 2 is 2.29 bits per heavy atom. The number of halogens is 1. The van der Waals surface area contributed by atoms with E-state index in [0.717, 1.165) is 0 Å². The number of rotatable bonds is 3. The fourth-order valence-electron chi connectivity index (χ4n) is 1.22. The number of aliphatic hydroxyl groups excluding tert-OH is 1. The van der Waals surface area contributed by atoms with Crippen LogP contribution in [0.25, 0.3) is 0 Å². The lowest BCUT2D eigenvalue weighted by Crippen LogP contribution is -2.33. The fourth-order valence-corrected chi connectivity index (χ4v) is 1.78. The van der Waals surface area contributed by atoms with Crippen LogP contribution in [0.2, 0.25) is 0 Å². The van der Waals surface area contributed by atoms with Crippen LogP contribution in [0.3, 0.4) is 0 Å². The van der Waals surface area contributed by atoms with Gasteiger partial charge in [-0.3, -0.25) is 4.68 Å². The zero-order chi connectivity index (χ0) is 10.9. The smallest absolute Gasteiger partial charge is 0.125 e.